The number of benzene rings is 1. The lowest BCUT2D eigenvalue weighted by Gasteiger charge is -2.14. The van der Waals surface area contributed by atoms with E-state index in [-0.39, 0.29) is 11.8 Å². The summed E-state index contributed by atoms with van der Waals surface area (Å²) in [6, 6.07) is 7.39. The molecular weight excluding hydrogens is 298 g/mol. The average molecular weight is 315 g/mol. The minimum Gasteiger partial charge on any atom is -0.351 e. The number of amidine groups is 1. The van der Waals surface area contributed by atoms with E-state index in [1.807, 2.05) is 30.3 Å². The van der Waals surface area contributed by atoms with Crippen molar-refractivity contribution in [2.24, 2.45) is 4.99 Å². The third-order valence-corrected chi connectivity index (χ3v) is 4.56. The summed E-state index contributed by atoms with van der Waals surface area (Å²) in [4.78, 5) is 30.0. The van der Waals surface area contributed by atoms with Gasteiger partial charge < -0.3 is 10.2 Å². The van der Waals surface area contributed by atoms with E-state index >= 15 is 0 Å². The number of anilines is 1. The summed E-state index contributed by atoms with van der Waals surface area (Å²) in [5.74, 6) is -0.269. The van der Waals surface area contributed by atoms with Crippen molar-refractivity contribution in [3.8, 4) is 0 Å². The molecule has 2 aliphatic rings. The third-order valence-electron chi connectivity index (χ3n) is 3.51. The van der Waals surface area contributed by atoms with E-state index in [0.29, 0.717) is 4.91 Å². The van der Waals surface area contributed by atoms with E-state index in [4.69, 9.17) is 0 Å². The Kier molecular flexibility index (Phi) is 4.29. The summed E-state index contributed by atoms with van der Waals surface area (Å²) in [6.45, 7) is 3.44. The largest absolute Gasteiger partial charge is 0.351 e. The topological polar surface area (TPSA) is 61.8 Å². The Labute approximate surface area is 133 Å². The number of nitrogens with one attached hydrogen (secondary N) is 1. The smallest absolute Gasteiger partial charge is 0.286 e. The van der Waals surface area contributed by atoms with E-state index in [0.717, 1.165) is 42.3 Å². The molecule has 1 saturated heterocycles. The van der Waals surface area contributed by atoms with Gasteiger partial charge in [0.2, 0.25) is 5.91 Å². The zero-order valence-electron chi connectivity index (χ0n) is 12.3. The highest BCUT2D eigenvalue weighted by molar-refractivity contribution is 8.18. The predicted molar refractivity (Wildman–Crippen MR) is 89.6 cm³/mol. The molecule has 0 aliphatic carbocycles. The van der Waals surface area contributed by atoms with Crippen LogP contribution in [-0.4, -0.2) is 35.0 Å². The van der Waals surface area contributed by atoms with Gasteiger partial charge in [0.25, 0.3) is 5.91 Å². The van der Waals surface area contributed by atoms with Gasteiger partial charge in [0.1, 0.15) is 0 Å². The summed E-state index contributed by atoms with van der Waals surface area (Å²) in [6.07, 6.45) is 4.17. The number of nitrogens with zero attached hydrogens (tertiary/aromatic N) is 2. The van der Waals surface area contributed by atoms with Crippen molar-refractivity contribution in [3.05, 3.63) is 34.7 Å². The quantitative estimate of drug-likeness (QED) is 0.852. The Hall–Kier alpha value is -2.08. The zero-order chi connectivity index (χ0) is 15.5. The van der Waals surface area contributed by atoms with Gasteiger partial charge in [-0.05, 0) is 48.4 Å². The second kappa shape index (κ2) is 6.36. The van der Waals surface area contributed by atoms with E-state index in [2.05, 4.69) is 15.2 Å². The first kappa shape index (κ1) is 14.8. The van der Waals surface area contributed by atoms with Crippen LogP contribution < -0.4 is 5.32 Å². The molecule has 6 heteroatoms. The molecule has 2 amide bonds. The highest BCUT2D eigenvalue weighted by atomic mass is 32.2. The number of amides is 2. The molecule has 1 fully saturated rings. The van der Waals surface area contributed by atoms with Crippen molar-refractivity contribution in [1.29, 1.82) is 0 Å². The number of carbonyl (C=O) groups excluding carboxylic acids is 2. The number of hydrogen-bond acceptors (Lipinski definition) is 4. The van der Waals surface area contributed by atoms with Crippen molar-refractivity contribution in [2.45, 2.75) is 19.8 Å². The van der Waals surface area contributed by atoms with Gasteiger partial charge >= 0.3 is 0 Å². The highest BCUT2D eigenvalue weighted by Gasteiger charge is 2.27. The molecule has 0 unspecified atom stereocenters. The fourth-order valence-electron chi connectivity index (χ4n) is 2.46. The molecule has 0 radical (unpaired) electrons. The first-order valence-corrected chi connectivity index (χ1v) is 8.08. The number of likely N-dealkylation sites (tertiary alicyclic amines) is 1. The Morgan fingerprint density at radius 2 is 1.95 bits per heavy atom. The monoisotopic (exact) mass is 315 g/mol. The number of hydrogen-bond donors (Lipinski definition) is 1. The Balaban J connectivity index is 1.70. The normalized spacial score (nSPS) is 19.7. The molecule has 0 saturated carbocycles. The molecule has 0 spiro atoms. The van der Waals surface area contributed by atoms with E-state index in [9.17, 15) is 9.59 Å². The number of thioether (sulfide) groups is 1. The fraction of sp³-hybridized carbons (Fsp3) is 0.312. The van der Waals surface area contributed by atoms with Crippen LogP contribution in [0, 0.1) is 0 Å². The van der Waals surface area contributed by atoms with Crippen LogP contribution in [0.4, 0.5) is 5.69 Å². The van der Waals surface area contributed by atoms with Crippen LogP contribution in [0.15, 0.2) is 34.2 Å². The van der Waals surface area contributed by atoms with Crippen LogP contribution in [-0.2, 0) is 9.59 Å². The zero-order valence-corrected chi connectivity index (χ0v) is 13.2. The van der Waals surface area contributed by atoms with Crippen LogP contribution in [0.5, 0.6) is 0 Å². The van der Waals surface area contributed by atoms with Crippen molar-refractivity contribution >= 4 is 40.5 Å². The lowest BCUT2D eigenvalue weighted by Crippen LogP contribution is -2.23. The van der Waals surface area contributed by atoms with Crippen LogP contribution >= 0.6 is 11.8 Å². The number of rotatable bonds is 2. The minimum absolute atomic E-state index is 0.101. The van der Waals surface area contributed by atoms with Crippen LogP contribution in [0.2, 0.25) is 0 Å². The Bertz CT molecular complexity index is 658. The summed E-state index contributed by atoms with van der Waals surface area (Å²) in [5.41, 5.74) is 1.66. The van der Waals surface area contributed by atoms with Crippen molar-refractivity contribution in [3.63, 3.8) is 0 Å². The molecule has 2 aliphatic heterocycles. The maximum Gasteiger partial charge on any atom is 0.286 e. The van der Waals surface area contributed by atoms with Gasteiger partial charge in [-0.1, -0.05) is 12.1 Å². The predicted octanol–water partition coefficient (Wildman–Crippen LogP) is 2.71. The molecular formula is C16H17N3O2S. The summed E-state index contributed by atoms with van der Waals surface area (Å²) in [7, 11) is 0. The Morgan fingerprint density at radius 3 is 2.59 bits per heavy atom. The molecule has 1 N–H and O–H groups in total. The summed E-state index contributed by atoms with van der Waals surface area (Å²) < 4.78 is 0. The average Bonchev–Trinajstić information content (AvgIpc) is 3.11. The van der Waals surface area contributed by atoms with Gasteiger partial charge in [-0.15, -0.1) is 0 Å². The first-order valence-electron chi connectivity index (χ1n) is 7.27. The maximum absolute atomic E-state index is 12.0. The van der Waals surface area contributed by atoms with Crippen LogP contribution in [0.1, 0.15) is 25.3 Å². The Morgan fingerprint density at radius 1 is 1.27 bits per heavy atom. The van der Waals surface area contributed by atoms with E-state index < -0.39 is 0 Å². The van der Waals surface area contributed by atoms with Gasteiger partial charge in [0.05, 0.1) is 4.91 Å². The first-order chi connectivity index (χ1) is 10.6. The van der Waals surface area contributed by atoms with Crippen molar-refractivity contribution in [1.82, 2.24) is 4.90 Å². The van der Waals surface area contributed by atoms with Gasteiger partial charge in [-0.25, -0.2) is 0 Å². The van der Waals surface area contributed by atoms with Gasteiger partial charge in [0, 0.05) is 25.7 Å². The maximum atomic E-state index is 12.0. The lowest BCUT2D eigenvalue weighted by atomic mass is 10.2. The molecule has 2 heterocycles. The van der Waals surface area contributed by atoms with E-state index in [1.165, 1.54) is 18.7 Å². The molecule has 22 heavy (non-hydrogen) atoms. The molecule has 0 atom stereocenters. The summed E-state index contributed by atoms with van der Waals surface area (Å²) in [5, 5.41) is 3.54. The molecule has 5 nitrogen and oxygen atoms in total. The second-order valence-electron chi connectivity index (χ2n) is 5.31. The van der Waals surface area contributed by atoms with Gasteiger partial charge in [0.15, 0.2) is 5.17 Å². The summed E-state index contributed by atoms with van der Waals surface area (Å²) >= 11 is 1.44. The van der Waals surface area contributed by atoms with Crippen molar-refractivity contribution in [2.75, 3.05) is 18.4 Å². The minimum atomic E-state index is -0.169. The second-order valence-corrected chi connectivity index (χ2v) is 6.32. The van der Waals surface area contributed by atoms with Crippen LogP contribution in [0.3, 0.4) is 0 Å². The number of aliphatic imine (C=N–C) groups is 1. The molecule has 1 aromatic carbocycles. The SMILES string of the molecule is CC(=O)Nc1ccc(/C=C2/SC(N3CCCC3)=NC2=O)cc1. The molecule has 0 bridgehead atoms. The standard InChI is InChI=1S/C16H17N3O2S/c1-11(20)17-13-6-4-12(5-7-13)10-14-15(21)18-16(22-14)19-8-2-3-9-19/h4-7,10H,2-3,8-9H2,1H3,(H,17,20)/b14-10+. The van der Waals surface area contributed by atoms with E-state index in [1.54, 1.807) is 0 Å². The number of carbonyl (C=O) groups is 2. The van der Waals surface area contributed by atoms with Gasteiger partial charge in [-0.2, -0.15) is 4.99 Å². The molecule has 0 aromatic heterocycles. The fourth-order valence-corrected chi connectivity index (χ4v) is 3.42. The lowest BCUT2D eigenvalue weighted by molar-refractivity contribution is -0.114. The highest BCUT2D eigenvalue weighted by Crippen LogP contribution is 2.31. The third kappa shape index (κ3) is 3.39. The molecule has 3 rings (SSSR count). The molecule has 114 valence electrons. The van der Waals surface area contributed by atoms with Crippen molar-refractivity contribution < 1.29 is 9.59 Å². The molecule has 1 aromatic rings. The van der Waals surface area contributed by atoms with Crippen LogP contribution in [0.25, 0.3) is 6.08 Å². The van der Waals surface area contributed by atoms with Gasteiger partial charge in [-0.3, -0.25) is 9.59 Å².